The smallest absolute Gasteiger partial charge is 0.234 e. The number of carbonyl (C=O) groups excluding carboxylic acids is 2. The van der Waals surface area contributed by atoms with Crippen LogP contribution in [-0.4, -0.2) is 16.7 Å². The second-order valence-electron chi connectivity index (χ2n) is 6.09. The van der Waals surface area contributed by atoms with Crippen LogP contribution in [0.25, 0.3) is 0 Å². The molecule has 1 saturated carbocycles. The molecule has 2 bridgehead atoms. The lowest BCUT2D eigenvalue weighted by Crippen LogP contribution is -2.38. The summed E-state index contributed by atoms with van der Waals surface area (Å²) in [4.78, 5) is 26.7. The maximum Gasteiger partial charge on any atom is 0.234 e. The summed E-state index contributed by atoms with van der Waals surface area (Å²) >= 11 is 0. The van der Waals surface area contributed by atoms with Gasteiger partial charge in [0.1, 0.15) is 0 Å². The van der Waals surface area contributed by atoms with E-state index in [1.165, 1.54) is 4.90 Å². The molecule has 1 aromatic rings. The van der Waals surface area contributed by atoms with E-state index in [0.29, 0.717) is 6.54 Å². The zero-order chi connectivity index (χ0) is 13.7. The van der Waals surface area contributed by atoms with E-state index in [0.717, 1.165) is 18.4 Å². The third kappa shape index (κ3) is 1.59. The van der Waals surface area contributed by atoms with Crippen LogP contribution in [0.3, 0.4) is 0 Å². The molecule has 2 fully saturated rings. The summed E-state index contributed by atoms with van der Waals surface area (Å²) in [6, 6.07) is 9.77. The topological polar surface area (TPSA) is 37.4 Å². The van der Waals surface area contributed by atoms with Crippen molar-refractivity contribution in [3.63, 3.8) is 0 Å². The molecule has 3 heteroatoms. The van der Waals surface area contributed by atoms with Crippen LogP contribution in [0.2, 0.25) is 0 Å². The van der Waals surface area contributed by atoms with Crippen LogP contribution >= 0.6 is 0 Å². The Hall–Kier alpha value is -1.90. The molecular formula is C17H17NO2. The Morgan fingerprint density at radius 1 is 0.900 bits per heavy atom. The molecule has 0 unspecified atom stereocenters. The fourth-order valence-electron chi connectivity index (χ4n) is 4.06. The zero-order valence-electron chi connectivity index (χ0n) is 11.2. The van der Waals surface area contributed by atoms with Gasteiger partial charge in [0, 0.05) is 0 Å². The molecule has 0 spiro atoms. The number of fused-ring (bicyclic) bond motifs is 1. The SMILES string of the molecule is O=C1[C@@H]2[C@@H](C(=O)N1Cc1ccccc1)[C@@H]1C=C[C@@H]2CC1. The summed E-state index contributed by atoms with van der Waals surface area (Å²) in [5.41, 5.74) is 1.02. The molecule has 1 aromatic carbocycles. The van der Waals surface area contributed by atoms with E-state index in [2.05, 4.69) is 12.2 Å². The molecule has 0 aromatic heterocycles. The first-order valence-electron chi connectivity index (χ1n) is 7.33. The van der Waals surface area contributed by atoms with Crippen LogP contribution in [0.4, 0.5) is 0 Å². The van der Waals surface area contributed by atoms with E-state index in [4.69, 9.17) is 0 Å². The molecule has 3 aliphatic carbocycles. The van der Waals surface area contributed by atoms with Gasteiger partial charge in [0.15, 0.2) is 0 Å². The number of amides is 2. The number of hydrogen-bond acceptors (Lipinski definition) is 2. The van der Waals surface area contributed by atoms with E-state index in [1.54, 1.807) is 0 Å². The van der Waals surface area contributed by atoms with Crippen LogP contribution in [0.5, 0.6) is 0 Å². The number of carbonyl (C=O) groups is 2. The van der Waals surface area contributed by atoms with Crippen LogP contribution in [0.1, 0.15) is 18.4 Å². The Morgan fingerprint density at radius 3 is 1.95 bits per heavy atom. The number of rotatable bonds is 2. The van der Waals surface area contributed by atoms with E-state index in [-0.39, 0.29) is 35.5 Å². The van der Waals surface area contributed by atoms with Crippen LogP contribution < -0.4 is 0 Å². The highest BCUT2D eigenvalue weighted by Gasteiger charge is 2.56. The molecule has 1 heterocycles. The van der Waals surface area contributed by atoms with Gasteiger partial charge < -0.3 is 0 Å². The van der Waals surface area contributed by atoms with Gasteiger partial charge in [-0.1, -0.05) is 42.5 Å². The van der Waals surface area contributed by atoms with Crippen molar-refractivity contribution in [2.24, 2.45) is 23.7 Å². The first-order chi connectivity index (χ1) is 9.75. The lowest BCUT2D eigenvalue weighted by atomic mass is 9.63. The molecule has 0 N–H and O–H groups in total. The Kier molecular flexibility index (Phi) is 2.56. The van der Waals surface area contributed by atoms with Crippen LogP contribution in [-0.2, 0) is 16.1 Å². The van der Waals surface area contributed by atoms with E-state index >= 15 is 0 Å². The second kappa shape index (κ2) is 4.30. The lowest BCUT2D eigenvalue weighted by molar-refractivity contribution is -0.140. The maximum atomic E-state index is 12.6. The molecule has 20 heavy (non-hydrogen) atoms. The predicted octanol–water partition coefficient (Wildman–Crippen LogP) is 2.38. The third-order valence-electron chi connectivity index (χ3n) is 5.03. The summed E-state index contributed by atoms with van der Waals surface area (Å²) in [7, 11) is 0. The molecule has 102 valence electrons. The van der Waals surface area contributed by atoms with Crippen molar-refractivity contribution in [3.8, 4) is 0 Å². The minimum atomic E-state index is -0.0880. The monoisotopic (exact) mass is 267 g/mol. The van der Waals surface area contributed by atoms with Gasteiger partial charge in [-0.15, -0.1) is 0 Å². The normalized spacial score (nSPS) is 34.7. The van der Waals surface area contributed by atoms with Gasteiger partial charge in [0.2, 0.25) is 11.8 Å². The number of allylic oxidation sites excluding steroid dienone is 2. The van der Waals surface area contributed by atoms with E-state index in [1.807, 2.05) is 30.3 Å². The number of imide groups is 1. The largest absolute Gasteiger partial charge is 0.278 e. The first-order valence-corrected chi connectivity index (χ1v) is 7.33. The summed E-state index contributed by atoms with van der Waals surface area (Å²) in [6.45, 7) is 0.422. The summed E-state index contributed by atoms with van der Waals surface area (Å²) in [5, 5.41) is 0. The number of nitrogens with zero attached hydrogens (tertiary/aromatic N) is 1. The number of hydrogen-bond donors (Lipinski definition) is 0. The Morgan fingerprint density at radius 2 is 1.45 bits per heavy atom. The van der Waals surface area contributed by atoms with Crippen molar-refractivity contribution in [1.29, 1.82) is 0 Å². The molecule has 3 nitrogen and oxygen atoms in total. The first kappa shape index (κ1) is 11.9. The van der Waals surface area contributed by atoms with Crippen LogP contribution in [0, 0.1) is 23.7 Å². The maximum absolute atomic E-state index is 12.6. The fourth-order valence-corrected chi connectivity index (χ4v) is 4.06. The minimum Gasteiger partial charge on any atom is -0.278 e. The number of likely N-dealkylation sites (tertiary alicyclic amines) is 1. The third-order valence-corrected chi connectivity index (χ3v) is 5.03. The van der Waals surface area contributed by atoms with Crippen LogP contribution in [0.15, 0.2) is 42.5 Å². The molecule has 1 saturated heterocycles. The quantitative estimate of drug-likeness (QED) is 0.609. The average Bonchev–Trinajstić information content (AvgIpc) is 2.77. The van der Waals surface area contributed by atoms with Gasteiger partial charge >= 0.3 is 0 Å². The lowest BCUT2D eigenvalue weighted by Gasteiger charge is -2.38. The van der Waals surface area contributed by atoms with Crippen molar-refractivity contribution in [3.05, 3.63) is 48.0 Å². The average molecular weight is 267 g/mol. The molecular weight excluding hydrogens is 250 g/mol. The fraction of sp³-hybridized carbons (Fsp3) is 0.412. The summed E-state index contributed by atoms with van der Waals surface area (Å²) in [6.07, 6.45) is 6.43. The molecule has 5 rings (SSSR count). The Labute approximate surface area is 118 Å². The summed E-state index contributed by atoms with van der Waals surface area (Å²) < 4.78 is 0. The van der Waals surface area contributed by atoms with Crippen molar-refractivity contribution >= 4 is 11.8 Å². The molecule has 1 aliphatic heterocycles. The second-order valence-corrected chi connectivity index (χ2v) is 6.09. The standard InChI is InChI=1S/C17H17NO2/c19-16-14-12-6-7-13(9-8-12)15(14)17(20)18(16)10-11-4-2-1-3-5-11/h1-7,12-15H,8-10H2/t12-,13-,14+,15+/m1/s1. The van der Waals surface area contributed by atoms with Crippen molar-refractivity contribution < 1.29 is 9.59 Å². The van der Waals surface area contributed by atoms with Gasteiger partial charge in [-0.25, -0.2) is 0 Å². The molecule has 4 atom stereocenters. The van der Waals surface area contributed by atoms with E-state index < -0.39 is 0 Å². The van der Waals surface area contributed by atoms with Gasteiger partial charge in [-0.05, 0) is 30.2 Å². The van der Waals surface area contributed by atoms with Gasteiger partial charge in [0.05, 0.1) is 18.4 Å². The predicted molar refractivity (Wildman–Crippen MR) is 74.3 cm³/mol. The molecule has 4 aliphatic rings. The van der Waals surface area contributed by atoms with Crippen molar-refractivity contribution in [2.75, 3.05) is 0 Å². The van der Waals surface area contributed by atoms with Gasteiger partial charge in [-0.3, -0.25) is 14.5 Å². The zero-order valence-corrected chi connectivity index (χ0v) is 11.2. The Bertz CT molecular complexity index is 560. The molecule has 0 radical (unpaired) electrons. The Balaban J connectivity index is 1.64. The highest BCUT2D eigenvalue weighted by Crippen LogP contribution is 2.49. The highest BCUT2D eigenvalue weighted by atomic mass is 16.2. The number of benzene rings is 1. The minimum absolute atomic E-state index is 0.0444. The summed E-state index contributed by atoms with van der Waals surface area (Å²) in [5.74, 6) is 0.472. The van der Waals surface area contributed by atoms with Gasteiger partial charge in [0.25, 0.3) is 0 Å². The van der Waals surface area contributed by atoms with E-state index in [9.17, 15) is 9.59 Å². The molecule has 2 amide bonds. The van der Waals surface area contributed by atoms with Crippen molar-refractivity contribution in [1.82, 2.24) is 4.90 Å². The highest BCUT2D eigenvalue weighted by molar-refractivity contribution is 6.05. The van der Waals surface area contributed by atoms with Gasteiger partial charge in [-0.2, -0.15) is 0 Å². The van der Waals surface area contributed by atoms with Crippen molar-refractivity contribution in [2.45, 2.75) is 19.4 Å².